The minimum Gasteiger partial charge on any atom is -0.496 e. The molecular formula is C15H25NO2. The Morgan fingerprint density at radius 3 is 2.22 bits per heavy atom. The Kier molecular flexibility index (Phi) is 6.58. The Labute approximate surface area is 110 Å². The van der Waals surface area contributed by atoms with Gasteiger partial charge in [0, 0.05) is 5.56 Å². The zero-order valence-corrected chi connectivity index (χ0v) is 12.0. The van der Waals surface area contributed by atoms with E-state index in [0.29, 0.717) is 5.92 Å². The second kappa shape index (κ2) is 7.98. The third kappa shape index (κ3) is 4.57. The van der Waals surface area contributed by atoms with Crippen LogP contribution in [0.4, 0.5) is 0 Å². The van der Waals surface area contributed by atoms with Gasteiger partial charge in [-0.15, -0.1) is 0 Å². The lowest BCUT2D eigenvalue weighted by Gasteiger charge is -2.13. The van der Waals surface area contributed by atoms with E-state index in [1.807, 2.05) is 18.2 Å². The largest absolute Gasteiger partial charge is 0.496 e. The van der Waals surface area contributed by atoms with Gasteiger partial charge in [-0.3, -0.25) is 0 Å². The predicted molar refractivity (Wildman–Crippen MR) is 75.6 cm³/mol. The first-order valence-corrected chi connectivity index (χ1v) is 6.59. The molecule has 0 unspecified atom stereocenters. The van der Waals surface area contributed by atoms with E-state index in [-0.39, 0.29) is 0 Å². The lowest BCUT2D eigenvalue weighted by molar-refractivity contribution is 0.384. The van der Waals surface area contributed by atoms with Gasteiger partial charge in [-0.2, -0.15) is 0 Å². The molecule has 0 aliphatic heterocycles. The van der Waals surface area contributed by atoms with Crippen LogP contribution >= 0.6 is 0 Å². The molecule has 0 atom stereocenters. The van der Waals surface area contributed by atoms with E-state index in [1.165, 1.54) is 0 Å². The number of rotatable bonds is 8. The fourth-order valence-electron chi connectivity index (χ4n) is 1.96. The van der Waals surface area contributed by atoms with Gasteiger partial charge in [0.1, 0.15) is 11.5 Å². The van der Waals surface area contributed by atoms with Crippen LogP contribution in [0.25, 0.3) is 0 Å². The Morgan fingerprint density at radius 2 is 1.72 bits per heavy atom. The van der Waals surface area contributed by atoms with E-state index in [1.54, 1.807) is 14.2 Å². The van der Waals surface area contributed by atoms with Crippen LogP contribution in [0.2, 0.25) is 0 Å². The van der Waals surface area contributed by atoms with Crippen molar-refractivity contribution in [3.05, 3.63) is 23.8 Å². The summed E-state index contributed by atoms with van der Waals surface area (Å²) in [5.41, 5.74) is 1.16. The second-order valence-electron chi connectivity index (χ2n) is 4.84. The SMILES string of the molecule is COc1cccc(OC)c1CCCNCC(C)C. The summed E-state index contributed by atoms with van der Waals surface area (Å²) in [5.74, 6) is 2.53. The third-order valence-corrected chi connectivity index (χ3v) is 2.86. The van der Waals surface area contributed by atoms with Crippen LogP contribution in [-0.2, 0) is 6.42 Å². The van der Waals surface area contributed by atoms with Gasteiger partial charge < -0.3 is 14.8 Å². The van der Waals surface area contributed by atoms with Crippen LogP contribution in [0.5, 0.6) is 11.5 Å². The van der Waals surface area contributed by atoms with Crippen LogP contribution in [-0.4, -0.2) is 27.3 Å². The van der Waals surface area contributed by atoms with Crippen molar-refractivity contribution in [2.45, 2.75) is 26.7 Å². The summed E-state index contributed by atoms with van der Waals surface area (Å²) in [4.78, 5) is 0. The molecule has 0 bridgehead atoms. The molecule has 0 heterocycles. The number of hydrogen-bond acceptors (Lipinski definition) is 3. The van der Waals surface area contributed by atoms with Crippen molar-refractivity contribution < 1.29 is 9.47 Å². The molecule has 0 fully saturated rings. The van der Waals surface area contributed by atoms with Crippen molar-refractivity contribution in [1.29, 1.82) is 0 Å². The molecule has 0 amide bonds. The van der Waals surface area contributed by atoms with Crippen molar-refractivity contribution in [3.63, 3.8) is 0 Å². The van der Waals surface area contributed by atoms with Crippen LogP contribution < -0.4 is 14.8 Å². The first-order chi connectivity index (χ1) is 8.69. The summed E-state index contributed by atoms with van der Waals surface area (Å²) < 4.78 is 10.8. The Hall–Kier alpha value is -1.22. The average Bonchev–Trinajstić information content (AvgIpc) is 2.37. The summed E-state index contributed by atoms with van der Waals surface area (Å²) in [5, 5.41) is 3.45. The summed E-state index contributed by atoms with van der Waals surface area (Å²) in [6.07, 6.45) is 2.06. The molecule has 0 radical (unpaired) electrons. The number of hydrogen-bond donors (Lipinski definition) is 1. The molecule has 0 saturated carbocycles. The molecule has 1 rings (SSSR count). The topological polar surface area (TPSA) is 30.5 Å². The van der Waals surface area contributed by atoms with Crippen molar-refractivity contribution in [2.24, 2.45) is 5.92 Å². The van der Waals surface area contributed by atoms with Crippen molar-refractivity contribution in [2.75, 3.05) is 27.3 Å². The van der Waals surface area contributed by atoms with Crippen LogP contribution in [0, 0.1) is 5.92 Å². The van der Waals surface area contributed by atoms with E-state index in [2.05, 4.69) is 19.2 Å². The normalized spacial score (nSPS) is 10.7. The highest BCUT2D eigenvalue weighted by Gasteiger charge is 2.08. The molecule has 18 heavy (non-hydrogen) atoms. The Morgan fingerprint density at radius 1 is 1.11 bits per heavy atom. The maximum Gasteiger partial charge on any atom is 0.125 e. The van der Waals surface area contributed by atoms with Crippen LogP contribution in [0.3, 0.4) is 0 Å². The van der Waals surface area contributed by atoms with Gasteiger partial charge in [0.05, 0.1) is 14.2 Å². The third-order valence-electron chi connectivity index (χ3n) is 2.86. The lowest BCUT2D eigenvalue weighted by Crippen LogP contribution is -2.21. The van der Waals surface area contributed by atoms with Gasteiger partial charge in [0.15, 0.2) is 0 Å². The van der Waals surface area contributed by atoms with E-state index < -0.39 is 0 Å². The smallest absolute Gasteiger partial charge is 0.125 e. The monoisotopic (exact) mass is 251 g/mol. The highest BCUT2D eigenvalue weighted by molar-refractivity contribution is 5.44. The quantitative estimate of drug-likeness (QED) is 0.721. The fraction of sp³-hybridized carbons (Fsp3) is 0.600. The molecule has 0 aliphatic carbocycles. The van der Waals surface area contributed by atoms with Gasteiger partial charge in [0.2, 0.25) is 0 Å². The highest BCUT2D eigenvalue weighted by atomic mass is 16.5. The maximum absolute atomic E-state index is 5.38. The molecule has 0 aromatic heterocycles. The fourth-order valence-corrected chi connectivity index (χ4v) is 1.96. The minimum atomic E-state index is 0.700. The molecule has 3 heteroatoms. The standard InChI is InChI=1S/C15H25NO2/c1-12(2)11-16-10-6-7-13-14(17-3)8-5-9-15(13)18-4/h5,8-9,12,16H,6-7,10-11H2,1-4H3. The summed E-state index contributed by atoms with van der Waals surface area (Å²) >= 11 is 0. The van der Waals surface area contributed by atoms with Crippen molar-refractivity contribution >= 4 is 0 Å². The molecule has 0 saturated heterocycles. The summed E-state index contributed by atoms with van der Waals surface area (Å²) in [7, 11) is 3.41. The molecule has 0 spiro atoms. The number of ether oxygens (including phenoxy) is 2. The van der Waals surface area contributed by atoms with Crippen LogP contribution in [0.15, 0.2) is 18.2 Å². The molecule has 0 aliphatic rings. The van der Waals surface area contributed by atoms with Crippen molar-refractivity contribution in [1.82, 2.24) is 5.32 Å². The van der Waals surface area contributed by atoms with Gasteiger partial charge >= 0.3 is 0 Å². The molecule has 3 nitrogen and oxygen atoms in total. The predicted octanol–water partition coefficient (Wildman–Crippen LogP) is 2.88. The molecule has 1 N–H and O–H groups in total. The summed E-state index contributed by atoms with van der Waals surface area (Å²) in [6.45, 7) is 6.54. The first-order valence-electron chi connectivity index (χ1n) is 6.59. The average molecular weight is 251 g/mol. The lowest BCUT2D eigenvalue weighted by atomic mass is 10.1. The molecule has 102 valence electrons. The van der Waals surface area contributed by atoms with Gasteiger partial charge in [-0.05, 0) is 44.0 Å². The highest BCUT2D eigenvalue weighted by Crippen LogP contribution is 2.29. The summed E-state index contributed by atoms with van der Waals surface area (Å²) in [6, 6.07) is 5.93. The minimum absolute atomic E-state index is 0.700. The Bertz CT molecular complexity index is 328. The molecule has 1 aromatic rings. The van der Waals surface area contributed by atoms with E-state index in [0.717, 1.165) is 43.0 Å². The van der Waals surface area contributed by atoms with Gasteiger partial charge in [-0.25, -0.2) is 0 Å². The van der Waals surface area contributed by atoms with E-state index in [4.69, 9.17) is 9.47 Å². The zero-order valence-electron chi connectivity index (χ0n) is 12.0. The first kappa shape index (κ1) is 14.8. The van der Waals surface area contributed by atoms with Gasteiger partial charge in [0.25, 0.3) is 0 Å². The number of benzene rings is 1. The number of methoxy groups -OCH3 is 2. The Balaban J connectivity index is 2.50. The second-order valence-corrected chi connectivity index (χ2v) is 4.84. The number of nitrogens with one attached hydrogen (secondary N) is 1. The molecular weight excluding hydrogens is 226 g/mol. The maximum atomic E-state index is 5.38. The van der Waals surface area contributed by atoms with E-state index >= 15 is 0 Å². The molecule has 1 aromatic carbocycles. The zero-order chi connectivity index (χ0) is 13.4. The van der Waals surface area contributed by atoms with Gasteiger partial charge in [-0.1, -0.05) is 19.9 Å². The van der Waals surface area contributed by atoms with Crippen molar-refractivity contribution in [3.8, 4) is 11.5 Å². The van der Waals surface area contributed by atoms with E-state index in [9.17, 15) is 0 Å². The van der Waals surface area contributed by atoms with Crippen LogP contribution in [0.1, 0.15) is 25.8 Å².